The van der Waals surface area contributed by atoms with Gasteiger partial charge in [0, 0.05) is 31.7 Å². The Kier molecular flexibility index (Phi) is 4.36. The molecule has 1 atom stereocenters. The van der Waals surface area contributed by atoms with Gasteiger partial charge in [0.25, 0.3) is 0 Å². The number of nitrogens with one attached hydrogen (secondary N) is 1. The molecule has 2 fully saturated rings. The molecule has 1 spiro atoms. The van der Waals surface area contributed by atoms with Crippen LogP contribution in [0.15, 0.2) is 6.07 Å². The van der Waals surface area contributed by atoms with E-state index in [1.165, 1.54) is 56.6 Å². The van der Waals surface area contributed by atoms with Crippen LogP contribution in [0.3, 0.4) is 0 Å². The van der Waals surface area contributed by atoms with Crippen LogP contribution < -0.4 is 5.32 Å². The monoisotopic (exact) mass is 290 g/mol. The van der Waals surface area contributed by atoms with Crippen molar-refractivity contribution in [3.05, 3.63) is 17.5 Å². The van der Waals surface area contributed by atoms with Gasteiger partial charge in [0.15, 0.2) is 0 Å². The summed E-state index contributed by atoms with van der Waals surface area (Å²) < 4.78 is 2.07. The van der Waals surface area contributed by atoms with Crippen LogP contribution >= 0.6 is 0 Å². The maximum Gasteiger partial charge on any atom is 0.0625 e. The molecule has 1 aromatic rings. The summed E-state index contributed by atoms with van der Waals surface area (Å²) >= 11 is 0. The second-order valence-corrected chi connectivity index (χ2v) is 7.06. The first-order chi connectivity index (χ1) is 10.1. The van der Waals surface area contributed by atoms with Gasteiger partial charge in [-0.15, -0.1) is 0 Å². The quantitative estimate of drug-likeness (QED) is 0.928. The van der Waals surface area contributed by atoms with Crippen molar-refractivity contribution in [3.8, 4) is 0 Å². The molecule has 1 aliphatic carbocycles. The van der Waals surface area contributed by atoms with E-state index in [1.54, 1.807) is 0 Å². The number of hydrogen-bond acceptors (Lipinski definition) is 3. The molecule has 1 N–H and O–H groups in total. The van der Waals surface area contributed by atoms with E-state index in [9.17, 15) is 0 Å². The van der Waals surface area contributed by atoms with E-state index >= 15 is 0 Å². The average Bonchev–Trinajstić information content (AvgIpc) is 3.01. The molecule has 1 unspecified atom stereocenters. The van der Waals surface area contributed by atoms with Crippen LogP contribution in [-0.4, -0.2) is 39.4 Å². The Morgan fingerprint density at radius 1 is 1.38 bits per heavy atom. The van der Waals surface area contributed by atoms with Crippen molar-refractivity contribution in [2.24, 2.45) is 7.05 Å². The molecule has 0 aromatic carbocycles. The molecule has 1 aromatic heterocycles. The van der Waals surface area contributed by atoms with E-state index in [0.29, 0.717) is 11.6 Å². The normalized spacial score (nSPS) is 26.3. The first kappa shape index (κ1) is 15.0. The molecule has 21 heavy (non-hydrogen) atoms. The molecule has 0 amide bonds. The lowest BCUT2D eigenvalue weighted by Crippen LogP contribution is -2.50. The molecule has 4 nitrogen and oxygen atoms in total. The number of aromatic nitrogens is 2. The lowest BCUT2D eigenvalue weighted by Gasteiger charge is -2.35. The molecule has 3 rings (SSSR count). The summed E-state index contributed by atoms with van der Waals surface area (Å²) in [6, 6.07) is 2.93. The van der Waals surface area contributed by atoms with Crippen LogP contribution in [0, 0.1) is 0 Å². The Bertz CT molecular complexity index is 473. The maximum absolute atomic E-state index is 4.61. The van der Waals surface area contributed by atoms with E-state index in [2.05, 4.69) is 47.0 Å². The van der Waals surface area contributed by atoms with Crippen LogP contribution in [0.1, 0.15) is 57.3 Å². The number of nitrogens with zero attached hydrogens (tertiary/aromatic N) is 3. The minimum Gasteiger partial charge on any atom is -0.310 e. The molecular weight excluding hydrogens is 260 g/mol. The highest BCUT2D eigenvalue weighted by Gasteiger charge is 2.38. The van der Waals surface area contributed by atoms with E-state index in [1.807, 2.05) is 0 Å². The second-order valence-electron chi connectivity index (χ2n) is 7.06. The first-order valence-electron chi connectivity index (χ1n) is 8.63. The Balaban J connectivity index is 1.76. The van der Waals surface area contributed by atoms with Crippen LogP contribution in [0.2, 0.25) is 0 Å². The minimum absolute atomic E-state index is 0.386. The smallest absolute Gasteiger partial charge is 0.0625 e. The zero-order valence-electron chi connectivity index (χ0n) is 13.9. The SMILES string of the molecule is CCc1cc(CN2CC3(CCCC3)NCCC2C)n(C)n1. The predicted octanol–water partition coefficient (Wildman–Crippen LogP) is 2.48. The van der Waals surface area contributed by atoms with Gasteiger partial charge in [-0.1, -0.05) is 19.8 Å². The highest BCUT2D eigenvalue weighted by molar-refractivity contribution is 5.11. The van der Waals surface area contributed by atoms with Gasteiger partial charge in [0.2, 0.25) is 0 Å². The maximum atomic E-state index is 4.61. The molecule has 1 saturated carbocycles. The van der Waals surface area contributed by atoms with Crippen molar-refractivity contribution in [3.63, 3.8) is 0 Å². The van der Waals surface area contributed by atoms with Gasteiger partial charge < -0.3 is 5.32 Å². The molecule has 2 aliphatic rings. The third-order valence-electron chi connectivity index (χ3n) is 5.51. The molecule has 4 heteroatoms. The van der Waals surface area contributed by atoms with E-state index in [0.717, 1.165) is 13.0 Å². The molecule has 118 valence electrons. The lowest BCUT2D eigenvalue weighted by atomic mass is 9.97. The van der Waals surface area contributed by atoms with Crippen molar-refractivity contribution < 1.29 is 0 Å². The summed E-state index contributed by atoms with van der Waals surface area (Å²) in [5.74, 6) is 0. The molecule has 0 radical (unpaired) electrons. The third kappa shape index (κ3) is 3.16. The molecule has 0 bridgehead atoms. The van der Waals surface area contributed by atoms with Gasteiger partial charge >= 0.3 is 0 Å². The van der Waals surface area contributed by atoms with Gasteiger partial charge in [-0.3, -0.25) is 9.58 Å². The second kappa shape index (κ2) is 6.09. The Hall–Kier alpha value is -0.870. The van der Waals surface area contributed by atoms with Crippen LogP contribution in [0.5, 0.6) is 0 Å². The zero-order valence-corrected chi connectivity index (χ0v) is 13.9. The average molecular weight is 290 g/mol. The summed E-state index contributed by atoms with van der Waals surface area (Å²) in [7, 11) is 2.08. The molecule has 1 saturated heterocycles. The zero-order chi connectivity index (χ0) is 14.9. The Labute approximate surface area is 128 Å². The van der Waals surface area contributed by atoms with E-state index < -0.39 is 0 Å². The number of hydrogen-bond donors (Lipinski definition) is 1. The van der Waals surface area contributed by atoms with Crippen LogP contribution in [0.4, 0.5) is 0 Å². The van der Waals surface area contributed by atoms with Crippen LogP contribution in [-0.2, 0) is 20.0 Å². The Morgan fingerprint density at radius 3 is 2.81 bits per heavy atom. The lowest BCUT2D eigenvalue weighted by molar-refractivity contribution is 0.156. The topological polar surface area (TPSA) is 33.1 Å². The van der Waals surface area contributed by atoms with E-state index in [4.69, 9.17) is 0 Å². The Morgan fingerprint density at radius 2 is 2.14 bits per heavy atom. The van der Waals surface area contributed by atoms with Gasteiger partial charge in [-0.2, -0.15) is 5.10 Å². The fourth-order valence-electron chi connectivity index (χ4n) is 4.03. The third-order valence-corrected chi connectivity index (χ3v) is 5.51. The number of rotatable bonds is 3. The summed E-state index contributed by atoms with van der Waals surface area (Å²) in [5.41, 5.74) is 2.95. The van der Waals surface area contributed by atoms with Crippen molar-refractivity contribution in [1.29, 1.82) is 0 Å². The summed E-state index contributed by atoms with van der Waals surface area (Å²) in [5, 5.41) is 8.48. The van der Waals surface area contributed by atoms with Gasteiger partial charge in [-0.25, -0.2) is 0 Å². The fraction of sp³-hybridized carbons (Fsp3) is 0.824. The largest absolute Gasteiger partial charge is 0.310 e. The minimum atomic E-state index is 0.386. The molecular formula is C17H30N4. The highest BCUT2D eigenvalue weighted by atomic mass is 15.3. The predicted molar refractivity (Wildman–Crippen MR) is 86.3 cm³/mol. The van der Waals surface area contributed by atoms with Gasteiger partial charge in [0.05, 0.1) is 11.4 Å². The summed E-state index contributed by atoms with van der Waals surface area (Å²) in [6.45, 7) is 7.96. The van der Waals surface area contributed by atoms with Crippen LogP contribution in [0.25, 0.3) is 0 Å². The summed E-state index contributed by atoms with van der Waals surface area (Å²) in [4.78, 5) is 2.68. The summed E-state index contributed by atoms with van der Waals surface area (Å²) in [6.07, 6.45) is 7.75. The van der Waals surface area contributed by atoms with Crippen molar-refractivity contribution >= 4 is 0 Å². The molecule has 1 aliphatic heterocycles. The van der Waals surface area contributed by atoms with Gasteiger partial charge in [-0.05, 0) is 45.2 Å². The van der Waals surface area contributed by atoms with E-state index in [-0.39, 0.29) is 0 Å². The van der Waals surface area contributed by atoms with Crippen molar-refractivity contribution in [2.45, 2.75) is 70.5 Å². The first-order valence-corrected chi connectivity index (χ1v) is 8.63. The standard InChI is InChI=1S/C17H30N4/c1-4-15-11-16(20(3)19-15)12-21-13-17(8-5-6-9-17)18-10-7-14(21)2/h11,14,18H,4-10,12-13H2,1-3H3. The molecule has 2 heterocycles. The fourth-order valence-corrected chi connectivity index (χ4v) is 4.03. The number of aryl methyl sites for hydroxylation is 2. The van der Waals surface area contributed by atoms with Crippen molar-refractivity contribution in [2.75, 3.05) is 13.1 Å². The highest BCUT2D eigenvalue weighted by Crippen LogP contribution is 2.33. The van der Waals surface area contributed by atoms with Gasteiger partial charge in [0.1, 0.15) is 0 Å². The van der Waals surface area contributed by atoms with Crippen molar-refractivity contribution in [1.82, 2.24) is 20.0 Å².